The van der Waals surface area contributed by atoms with E-state index in [9.17, 15) is 18.8 Å². The largest absolute Gasteiger partial charge is 0.376 e. The minimum Gasteiger partial charge on any atom is -0.376 e. The zero-order valence-corrected chi connectivity index (χ0v) is 18.6. The second-order valence-corrected chi connectivity index (χ2v) is 8.74. The average Bonchev–Trinajstić information content (AvgIpc) is 3.48. The summed E-state index contributed by atoms with van der Waals surface area (Å²) in [6.07, 6.45) is 1.63. The molecule has 2 aromatic carbocycles. The molecule has 0 saturated carbocycles. The Balaban J connectivity index is 1.39. The SMILES string of the molecule is O=C(C1CC(=O)N(c2ccccc2F)C1)N(Cc1nc2ccccc2c(=O)[nH]1)CC1CCCO1. The van der Waals surface area contributed by atoms with Crippen molar-refractivity contribution in [3.05, 3.63) is 70.5 Å². The van der Waals surface area contributed by atoms with E-state index in [2.05, 4.69) is 9.97 Å². The van der Waals surface area contributed by atoms with E-state index < -0.39 is 11.7 Å². The van der Waals surface area contributed by atoms with Crippen molar-refractivity contribution < 1.29 is 18.7 Å². The van der Waals surface area contributed by atoms with Crippen LogP contribution in [0.3, 0.4) is 0 Å². The van der Waals surface area contributed by atoms with Gasteiger partial charge in [-0.1, -0.05) is 24.3 Å². The number of halogens is 1. The Labute approximate surface area is 195 Å². The molecule has 5 rings (SSSR count). The number of hydrogen-bond donors (Lipinski definition) is 1. The molecule has 2 fully saturated rings. The van der Waals surface area contributed by atoms with Gasteiger partial charge in [-0.05, 0) is 37.1 Å². The van der Waals surface area contributed by atoms with Gasteiger partial charge in [-0.25, -0.2) is 9.37 Å². The molecule has 3 aromatic rings. The van der Waals surface area contributed by atoms with Crippen molar-refractivity contribution >= 4 is 28.4 Å². The lowest BCUT2D eigenvalue weighted by atomic mass is 10.1. The summed E-state index contributed by atoms with van der Waals surface area (Å²) >= 11 is 0. The van der Waals surface area contributed by atoms with Gasteiger partial charge in [-0.3, -0.25) is 14.4 Å². The molecule has 176 valence electrons. The van der Waals surface area contributed by atoms with E-state index in [-0.39, 0.29) is 48.7 Å². The number of carbonyl (C=O) groups is 2. The van der Waals surface area contributed by atoms with Crippen molar-refractivity contribution in [2.75, 3.05) is 24.6 Å². The topological polar surface area (TPSA) is 95.6 Å². The average molecular weight is 464 g/mol. The number of para-hydroxylation sites is 2. The summed E-state index contributed by atoms with van der Waals surface area (Å²) in [6.45, 7) is 1.16. The molecule has 0 bridgehead atoms. The monoisotopic (exact) mass is 464 g/mol. The van der Waals surface area contributed by atoms with Crippen LogP contribution < -0.4 is 10.5 Å². The van der Waals surface area contributed by atoms with Crippen LogP contribution in [0.5, 0.6) is 0 Å². The third kappa shape index (κ3) is 4.43. The quantitative estimate of drug-likeness (QED) is 0.605. The van der Waals surface area contributed by atoms with Gasteiger partial charge in [0, 0.05) is 26.1 Å². The van der Waals surface area contributed by atoms with Crippen LogP contribution in [0.25, 0.3) is 10.9 Å². The Morgan fingerprint density at radius 1 is 1.18 bits per heavy atom. The number of rotatable bonds is 6. The first-order chi connectivity index (χ1) is 16.5. The van der Waals surface area contributed by atoms with Crippen LogP contribution in [0.2, 0.25) is 0 Å². The molecule has 1 N–H and O–H groups in total. The number of benzene rings is 2. The Bertz CT molecular complexity index is 1290. The number of nitrogens with zero attached hydrogens (tertiary/aromatic N) is 3. The Kier molecular flexibility index (Phi) is 6.10. The normalized spacial score (nSPS) is 20.3. The third-order valence-electron chi connectivity index (χ3n) is 6.38. The molecule has 2 unspecified atom stereocenters. The van der Waals surface area contributed by atoms with E-state index >= 15 is 0 Å². The summed E-state index contributed by atoms with van der Waals surface area (Å²) in [5.74, 6) is -1.29. The molecule has 34 heavy (non-hydrogen) atoms. The Morgan fingerprint density at radius 3 is 2.76 bits per heavy atom. The van der Waals surface area contributed by atoms with Gasteiger partial charge >= 0.3 is 0 Å². The molecule has 2 amide bonds. The van der Waals surface area contributed by atoms with Crippen LogP contribution in [-0.2, 0) is 20.9 Å². The minimum atomic E-state index is -0.624. The maximum absolute atomic E-state index is 14.3. The van der Waals surface area contributed by atoms with E-state index in [0.29, 0.717) is 29.9 Å². The number of hydrogen-bond acceptors (Lipinski definition) is 5. The molecule has 2 saturated heterocycles. The lowest BCUT2D eigenvalue weighted by Crippen LogP contribution is -2.42. The predicted octanol–water partition coefficient (Wildman–Crippen LogP) is 2.62. The highest BCUT2D eigenvalue weighted by atomic mass is 19.1. The van der Waals surface area contributed by atoms with Crippen LogP contribution in [-0.4, -0.2) is 52.5 Å². The number of amides is 2. The summed E-state index contributed by atoms with van der Waals surface area (Å²) < 4.78 is 20.0. The lowest BCUT2D eigenvalue weighted by Gasteiger charge is -2.27. The first-order valence-corrected chi connectivity index (χ1v) is 11.4. The van der Waals surface area contributed by atoms with Crippen molar-refractivity contribution in [1.82, 2.24) is 14.9 Å². The molecule has 2 atom stereocenters. The van der Waals surface area contributed by atoms with Gasteiger partial charge in [0.1, 0.15) is 11.6 Å². The molecule has 2 aliphatic heterocycles. The van der Waals surface area contributed by atoms with E-state index in [1.807, 2.05) is 0 Å². The fraction of sp³-hybridized carbons (Fsp3) is 0.360. The number of H-pyrrole nitrogens is 1. The van der Waals surface area contributed by atoms with Gasteiger partial charge < -0.3 is 19.5 Å². The number of nitrogens with one attached hydrogen (secondary N) is 1. The van der Waals surface area contributed by atoms with Crippen LogP contribution in [0, 0.1) is 11.7 Å². The van der Waals surface area contributed by atoms with Gasteiger partial charge in [0.2, 0.25) is 11.8 Å². The third-order valence-corrected chi connectivity index (χ3v) is 6.38. The fourth-order valence-corrected chi connectivity index (χ4v) is 4.69. The van der Waals surface area contributed by atoms with Crippen LogP contribution >= 0.6 is 0 Å². The number of carbonyl (C=O) groups excluding carboxylic acids is 2. The van der Waals surface area contributed by atoms with Gasteiger partial charge in [-0.15, -0.1) is 0 Å². The highest BCUT2D eigenvalue weighted by Crippen LogP contribution is 2.29. The number of anilines is 1. The first-order valence-electron chi connectivity index (χ1n) is 11.4. The smallest absolute Gasteiger partial charge is 0.258 e. The summed E-state index contributed by atoms with van der Waals surface area (Å²) in [6, 6.07) is 13.1. The standard InChI is InChI=1S/C25H25FN4O4/c26-19-8-2-4-10-21(19)30-13-16(12-23(30)31)25(33)29(14-17-6-5-11-34-17)15-22-27-20-9-3-1-7-18(20)24(32)28-22/h1-4,7-10,16-17H,5-6,11-15H2,(H,27,28,32). The molecular formula is C25H25FN4O4. The zero-order chi connectivity index (χ0) is 23.7. The van der Waals surface area contributed by atoms with Crippen LogP contribution in [0.4, 0.5) is 10.1 Å². The highest BCUT2D eigenvalue weighted by Gasteiger charge is 2.39. The van der Waals surface area contributed by atoms with Crippen LogP contribution in [0.1, 0.15) is 25.1 Å². The van der Waals surface area contributed by atoms with Crippen molar-refractivity contribution in [2.24, 2.45) is 5.92 Å². The van der Waals surface area contributed by atoms with Crippen molar-refractivity contribution in [2.45, 2.75) is 31.9 Å². The molecule has 1 aromatic heterocycles. The molecular weight excluding hydrogens is 439 g/mol. The van der Waals surface area contributed by atoms with Crippen molar-refractivity contribution in [3.63, 3.8) is 0 Å². The minimum absolute atomic E-state index is 0.00311. The fourth-order valence-electron chi connectivity index (χ4n) is 4.69. The van der Waals surface area contributed by atoms with Crippen LogP contribution in [0.15, 0.2) is 53.3 Å². The molecule has 0 radical (unpaired) electrons. The van der Waals surface area contributed by atoms with Crippen molar-refractivity contribution in [3.8, 4) is 0 Å². The van der Waals surface area contributed by atoms with E-state index in [0.717, 1.165) is 12.8 Å². The highest BCUT2D eigenvalue weighted by molar-refractivity contribution is 6.00. The predicted molar refractivity (Wildman–Crippen MR) is 124 cm³/mol. The zero-order valence-electron chi connectivity index (χ0n) is 18.6. The van der Waals surface area contributed by atoms with Gasteiger partial charge in [-0.2, -0.15) is 0 Å². The molecule has 0 aliphatic carbocycles. The lowest BCUT2D eigenvalue weighted by molar-refractivity contribution is -0.138. The van der Waals surface area contributed by atoms with Crippen molar-refractivity contribution in [1.29, 1.82) is 0 Å². The maximum atomic E-state index is 14.3. The Morgan fingerprint density at radius 2 is 1.97 bits per heavy atom. The Hall–Kier alpha value is -3.59. The van der Waals surface area contributed by atoms with E-state index in [1.165, 1.54) is 17.0 Å². The summed E-state index contributed by atoms with van der Waals surface area (Å²) in [5.41, 5.74) is 0.452. The summed E-state index contributed by atoms with van der Waals surface area (Å²) in [4.78, 5) is 49.0. The van der Waals surface area contributed by atoms with Gasteiger partial charge in [0.05, 0.1) is 35.2 Å². The number of aromatic nitrogens is 2. The molecule has 8 nitrogen and oxygen atoms in total. The number of aromatic amines is 1. The van der Waals surface area contributed by atoms with Gasteiger partial charge in [0.25, 0.3) is 5.56 Å². The summed E-state index contributed by atoms with van der Waals surface area (Å²) in [5, 5.41) is 0.477. The molecule has 2 aliphatic rings. The second-order valence-electron chi connectivity index (χ2n) is 8.74. The maximum Gasteiger partial charge on any atom is 0.258 e. The van der Waals surface area contributed by atoms with E-state index in [1.54, 1.807) is 41.3 Å². The van der Waals surface area contributed by atoms with Gasteiger partial charge in [0.15, 0.2) is 0 Å². The summed E-state index contributed by atoms with van der Waals surface area (Å²) in [7, 11) is 0. The second kappa shape index (κ2) is 9.34. The molecule has 9 heteroatoms. The van der Waals surface area contributed by atoms with E-state index in [4.69, 9.17) is 4.74 Å². The molecule has 3 heterocycles. The first kappa shape index (κ1) is 22.2. The number of fused-ring (bicyclic) bond motifs is 1. The number of ether oxygens (including phenoxy) is 1. The molecule has 0 spiro atoms.